The van der Waals surface area contributed by atoms with Crippen LogP contribution in [0.25, 0.3) is 0 Å². The van der Waals surface area contributed by atoms with Gasteiger partial charge in [-0.1, -0.05) is 17.7 Å². The number of hydrogen-bond donors (Lipinski definition) is 1. The summed E-state index contributed by atoms with van der Waals surface area (Å²) in [6, 6.07) is 6.08. The van der Waals surface area contributed by atoms with Gasteiger partial charge in [0, 0.05) is 30.9 Å². The lowest BCUT2D eigenvalue weighted by molar-refractivity contribution is -0.149. The summed E-state index contributed by atoms with van der Waals surface area (Å²) in [6.07, 6.45) is 4.07. The first-order valence-corrected chi connectivity index (χ1v) is 8.21. The molecule has 0 aliphatic carbocycles. The molecule has 3 rings (SSSR count). The second kappa shape index (κ2) is 6.25. The Morgan fingerprint density at radius 2 is 2.05 bits per heavy atom. The summed E-state index contributed by atoms with van der Waals surface area (Å²) in [5, 5.41) is 0.774. The molecule has 2 aliphatic heterocycles. The Balaban J connectivity index is 1.76. The van der Waals surface area contributed by atoms with E-state index in [1.807, 2.05) is 12.1 Å². The molecule has 3 nitrogen and oxygen atoms in total. The molecule has 1 aromatic carbocycles. The smallest absolute Gasteiger partial charge is 0.0729 e. The number of aryl methyl sites for hydroxylation is 1. The summed E-state index contributed by atoms with van der Waals surface area (Å²) in [7, 11) is 0. The molecule has 21 heavy (non-hydrogen) atoms. The van der Waals surface area contributed by atoms with E-state index in [1.165, 1.54) is 11.1 Å². The second-order valence-electron chi connectivity index (χ2n) is 6.42. The maximum absolute atomic E-state index is 6.58. The highest BCUT2D eigenvalue weighted by Gasteiger charge is 2.40. The van der Waals surface area contributed by atoms with Gasteiger partial charge in [0.15, 0.2) is 0 Å². The van der Waals surface area contributed by atoms with Crippen molar-refractivity contribution in [2.24, 2.45) is 11.7 Å². The number of hydrogen-bond acceptors (Lipinski definition) is 3. The van der Waals surface area contributed by atoms with Crippen molar-refractivity contribution in [3.8, 4) is 0 Å². The molecule has 2 aliphatic rings. The zero-order chi connectivity index (χ0) is 14.9. The van der Waals surface area contributed by atoms with Crippen LogP contribution in [0.4, 0.5) is 0 Å². The van der Waals surface area contributed by atoms with Crippen LogP contribution in [0.15, 0.2) is 18.2 Å². The maximum Gasteiger partial charge on any atom is 0.0729 e. The highest BCUT2D eigenvalue weighted by molar-refractivity contribution is 6.30. The van der Waals surface area contributed by atoms with Crippen LogP contribution in [-0.4, -0.2) is 25.4 Å². The molecule has 2 heterocycles. The molecule has 2 unspecified atom stereocenters. The molecule has 1 spiro atoms. The molecule has 2 atom stereocenters. The van der Waals surface area contributed by atoms with Crippen LogP contribution >= 0.6 is 11.6 Å². The monoisotopic (exact) mass is 309 g/mol. The zero-order valence-electron chi connectivity index (χ0n) is 12.6. The molecule has 116 valence electrons. The van der Waals surface area contributed by atoms with Crippen LogP contribution in [-0.2, 0) is 9.47 Å². The van der Waals surface area contributed by atoms with Gasteiger partial charge in [0.1, 0.15) is 0 Å². The number of halogens is 1. The van der Waals surface area contributed by atoms with Crippen molar-refractivity contribution < 1.29 is 9.47 Å². The molecule has 0 radical (unpaired) electrons. The third kappa shape index (κ3) is 3.26. The summed E-state index contributed by atoms with van der Waals surface area (Å²) in [5.41, 5.74) is 8.98. The average molecular weight is 310 g/mol. The van der Waals surface area contributed by atoms with E-state index in [1.54, 1.807) is 0 Å². The standard InChI is InChI=1S/C17H24ClNO2/c1-12-10-14(18)2-3-15(12)16(19)13-4-7-21-17(11-13)5-8-20-9-6-17/h2-3,10,13,16H,4-9,11,19H2,1H3. The third-order valence-corrected chi connectivity index (χ3v) is 5.27. The van der Waals surface area contributed by atoms with Crippen LogP contribution < -0.4 is 5.73 Å². The van der Waals surface area contributed by atoms with Crippen molar-refractivity contribution in [1.82, 2.24) is 0 Å². The third-order valence-electron chi connectivity index (χ3n) is 5.03. The van der Waals surface area contributed by atoms with Gasteiger partial charge in [0.2, 0.25) is 0 Å². The van der Waals surface area contributed by atoms with Crippen molar-refractivity contribution in [3.05, 3.63) is 34.3 Å². The van der Waals surface area contributed by atoms with E-state index in [0.29, 0.717) is 5.92 Å². The van der Waals surface area contributed by atoms with Gasteiger partial charge >= 0.3 is 0 Å². The molecule has 2 N–H and O–H groups in total. The molecule has 2 saturated heterocycles. The van der Waals surface area contributed by atoms with E-state index in [0.717, 1.165) is 50.5 Å². The van der Waals surface area contributed by atoms with Crippen molar-refractivity contribution in [2.45, 2.75) is 44.2 Å². The SMILES string of the molecule is Cc1cc(Cl)ccc1C(N)C1CCOC2(CCOCC2)C1. The van der Waals surface area contributed by atoms with E-state index in [9.17, 15) is 0 Å². The van der Waals surface area contributed by atoms with Crippen molar-refractivity contribution in [1.29, 1.82) is 0 Å². The van der Waals surface area contributed by atoms with E-state index in [4.69, 9.17) is 26.8 Å². The minimum Gasteiger partial charge on any atom is -0.381 e. The first-order valence-electron chi connectivity index (χ1n) is 7.83. The molecule has 4 heteroatoms. The van der Waals surface area contributed by atoms with Crippen LogP contribution in [0.3, 0.4) is 0 Å². The Morgan fingerprint density at radius 1 is 1.29 bits per heavy atom. The van der Waals surface area contributed by atoms with Gasteiger partial charge in [-0.25, -0.2) is 0 Å². The summed E-state index contributed by atoms with van der Waals surface area (Å²) >= 11 is 6.05. The first-order chi connectivity index (χ1) is 10.1. The van der Waals surface area contributed by atoms with Crippen LogP contribution in [0, 0.1) is 12.8 Å². The van der Waals surface area contributed by atoms with Gasteiger partial charge < -0.3 is 15.2 Å². The molecule has 0 saturated carbocycles. The average Bonchev–Trinajstić information content (AvgIpc) is 2.47. The lowest BCUT2D eigenvalue weighted by Gasteiger charge is -2.45. The van der Waals surface area contributed by atoms with Crippen LogP contribution in [0.1, 0.15) is 42.9 Å². The predicted octanol–water partition coefficient (Wildman–Crippen LogP) is 3.62. The molecule has 0 amide bonds. The van der Waals surface area contributed by atoms with Crippen LogP contribution in [0.2, 0.25) is 5.02 Å². The Hall–Kier alpha value is -0.610. The van der Waals surface area contributed by atoms with Crippen LogP contribution in [0.5, 0.6) is 0 Å². The van der Waals surface area contributed by atoms with E-state index in [2.05, 4.69) is 13.0 Å². The van der Waals surface area contributed by atoms with Gasteiger partial charge in [0.25, 0.3) is 0 Å². The van der Waals surface area contributed by atoms with Gasteiger partial charge in [-0.2, -0.15) is 0 Å². The summed E-state index contributed by atoms with van der Waals surface area (Å²) in [6.45, 7) is 4.51. The summed E-state index contributed by atoms with van der Waals surface area (Å²) < 4.78 is 11.6. The fraction of sp³-hybridized carbons (Fsp3) is 0.647. The first kappa shape index (κ1) is 15.3. The van der Waals surface area contributed by atoms with Crippen molar-refractivity contribution in [3.63, 3.8) is 0 Å². The lowest BCUT2D eigenvalue weighted by Crippen LogP contribution is -2.46. The van der Waals surface area contributed by atoms with E-state index < -0.39 is 0 Å². The largest absolute Gasteiger partial charge is 0.381 e. The highest BCUT2D eigenvalue weighted by atomic mass is 35.5. The predicted molar refractivity (Wildman–Crippen MR) is 84.6 cm³/mol. The number of nitrogens with two attached hydrogens (primary N) is 1. The van der Waals surface area contributed by atoms with Crippen molar-refractivity contribution in [2.75, 3.05) is 19.8 Å². The molecular formula is C17H24ClNO2. The Morgan fingerprint density at radius 3 is 2.76 bits per heavy atom. The molecule has 0 bridgehead atoms. The molecule has 0 aromatic heterocycles. The summed E-state index contributed by atoms with van der Waals surface area (Å²) in [5.74, 6) is 0.469. The normalized spacial score (nSPS) is 26.7. The highest BCUT2D eigenvalue weighted by Crippen LogP contribution is 2.41. The summed E-state index contributed by atoms with van der Waals surface area (Å²) in [4.78, 5) is 0. The maximum atomic E-state index is 6.58. The molecule has 2 fully saturated rings. The van der Waals surface area contributed by atoms with Gasteiger partial charge in [-0.15, -0.1) is 0 Å². The topological polar surface area (TPSA) is 44.5 Å². The zero-order valence-corrected chi connectivity index (χ0v) is 13.4. The lowest BCUT2D eigenvalue weighted by atomic mass is 9.76. The van der Waals surface area contributed by atoms with Crippen molar-refractivity contribution >= 4 is 11.6 Å². The molecule has 1 aromatic rings. The minimum absolute atomic E-state index is 0.000876. The quantitative estimate of drug-likeness (QED) is 0.907. The fourth-order valence-electron chi connectivity index (χ4n) is 3.73. The Bertz CT molecular complexity index is 494. The Kier molecular flexibility index (Phi) is 4.55. The molecular weight excluding hydrogens is 286 g/mol. The Labute approximate surface area is 131 Å². The second-order valence-corrected chi connectivity index (χ2v) is 6.86. The van der Waals surface area contributed by atoms with E-state index >= 15 is 0 Å². The van der Waals surface area contributed by atoms with Gasteiger partial charge in [-0.3, -0.25) is 0 Å². The van der Waals surface area contributed by atoms with Gasteiger partial charge in [0.05, 0.1) is 5.60 Å². The minimum atomic E-state index is -0.000876. The number of benzene rings is 1. The van der Waals surface area contributed by atoms with Gasteiger partial charge in [-0.05, 0) is 61.8 Å². The number of rotatable bonds is 2. The fourth-order valence-corrected chi connectivity index (χ4v) is 3.96. The number of ether oxygens (including phenoxy) is 2. The van der Waals surface area contributed by atoms with E-state index in [-0.39, 0.29) is 11.6 Å².